The van der Waals surface area contributed by atoms with Crippen molar-refractivity contribution in [3.63, 3.8) is 0 Å². The highest BCUT2D eigenvalue weighted by Crippen LogP contribution is 2.25. The van der Waals surface area contributed by atoms with Gasteiger partial charge in [-0.3, -0.25) is 9.59 Å². The monoisotopic (exact) mass is 434 g/mol. The summed E-state index contributed by atoms with van der Waals surface area (Å²) in [5.74, 6) is -0.241. The first-order valence-electron chi connectivity index (χ1n) is 12.7. The molecule has 0 aliphatic heterocycles. The Morgan fingerprint density at radius 2 is 1.77 bits per heavy atom. The maximum atomic E-state index is 12.0. The molecule has 0 radical (unpaired) electrons. The van der Waals surface area contributed by atoms with Crippen LogP contribution in [0.2, 0.25) is 0 Å². The zero-order chi connectivity index (χ0) is 22.7. The third kappa shape index (κ3) is 15.0. The summed E-state index contributed by atoms with van der Waals surface area (Å²) in [5.41, 5.74) is 1.09. The van der Waals surface area contributed by atoms with Crippen molar-refractivity contribution in [2.24, 2.45) is 0 Å². The molecule has 0 aromatic heterocycles. The van der Waals surface area contributed by atoms with E-state index >= 15 is 0 Å². The first-order chi connectivity index (χ1) is 15.0. The summed E-state index contributed by atoms with van der Waals surface area (Å²) in [7, 11) is 0. The summed E-state index contributed by atoms with van der Waals surface area (Å²) in [6, 6.07) is 0. The Bertz CT molecular complexity index is 537. The Balaban J connectivity index is 2.02. The number of hydrogen-bond acceptors (Lipinski definition) is 4. The van der Waals surface area contributed by atoms with Crippen molar-refractivity contribution in [1.29, 1.82) is 0 Å². The van der Waals surface area contributed by atoms with Crippen LogP contribution < -0.4 is 0 Å². The molecule has 0 spiro atoms. The van der Waals surface area contributed by atoms with Gasteiger partial charge in [-0.25, -0.2) is 0 Å². The highest BCUT2D eigenvalue weighted by molar-refractivity contribution is 5.69. The fourth-order valence-corrected chi connectivity index (χ4v) is 4.09. The van der Waals surface area contributed by atoms with E-state index < -0.39 is 0 Å². The van der Waals surface area contributed by atoms with Crippen LogP contribution in [-0.4, -0.2) is 24.1 Å². The molecule has 1 saturated carbocycles. The Labute approximate surface area is 190 Å². The second kappa shape index (κ2) is 18.0. The van der Waals surface area contributed by atoms with Crippen molar-refractivity contribution in [2.75, 3.05) is 0 Å². The predicted molar refractivity (Wildman–Crippen MR) is 128 cm³/mol. The van der Waals surface area contributed by atoms with Gasteiger partial charge < -0.3 is 9.47 Å². The van der Waals surface area contributed by atoms with Crippen LogP contribution in [0.1, 0.15) is 123 Å². The molecule has 0 aromatic rings. The number of carbonyl (C=O) groups is 2. The molecule has 0 amide bonds. The van der Waals surface area contributed by atoms with Crippen molar-refractivity contribution in [2.45, 2.75) is 135 Å². The van der Waals surface area contributed by atoms with E-state index in [-0.39, 0.29) is 24.1 Å². The zero-order valence-electron chi connectivity index (χ0n) is 20.2. The fraction of sp³-hybridized carbons (Fsp3) is 0.778. The van der Waals surface area contributed by atoms with Gasteiger partial charge in [0.15, 0.2) is 0 Å². The molecule has 1 aliphatic carbocycles. The average molecular weight is 435 g/mol. The van der Waals surface area contributed by atoms with Gasteiger partial charge in [-0.1, -0.05) is 64.2 Å². The number of carbonyl (C=O) groups excluding carboxylic acids is 2. The molecule has 2 atom stereocenters. The Hall–Kier alpha value is -1.58. The van der Waals surface area contributed by atoms with Crippen LogP contribution in [0, 0.1) is 0 Å². The van der Waals surface area contributed by atoms with Crippen LogP contribution in [0.25, 0.3) is 0 Å². The molecule has 1 rings (SSSR count). The quantitative estimate of drug-likeness (QED) is 0.134. The van der Waals surface area contributed by atoms with Crippen molar-refractivity contribution in [3.05, 3.63) is 24.3 Å². The standard InChI is InChI=1S/C27H46O4/c1-4-5-6-13-19-25(30-24(3)28)20-14-11-9-7-8-10-12-15-22-27(29)31-26-21-17-16-18-23(26)2/h11,14,25-26H,2,4-10,12-13,15-22H2,1,3H3/b14-11-/t25-,26?/m1/s1. The molecule has 1 aliphatic rings. The van der Waals surface area contributed by atoms with E-state index in [9.17, 15) is 9.59 Å². The molecule has 0 bridgehead atoms. The molecule has 0 heterocycles. The second-order valence-corrected chi connectivity index (χ2v) is 8.98. The molecule has 4 heteroatoms. The van der Waals surface area contributed by atoms with Gasteiger partial charge in [0.1, 0.15) is 12.2 Å². The summed E-state index contributed by atoms with van der Waals surface area (Å²) in [6.45, 7) is 7.74. The van der Waals surface area contributed by atoms with Crippen LogP contribution in [0.4, 0.5) is 0 Å². The Kier molecular flexibility index (Phi) is 16.0. The number of rotatable bonds is 17. The van der Waals surface area contributed by atoms with Crippen LogP contribution >= 0.6 is 0 Å². The minimum absolute atomic E-state index is 0.0242. The summed E-state index contributed by atoms with van der Waals surface area (Å²) in [5, 5.41) is 0. The second-order valence-electron chi connectivity index (χ2n) is 8.98. The first kappa shape index (κ1) is 27.5. The van der Waals surface area contributed by atoms with Crippen molar-refractivity contribution in [1.82, 2.24) is 0 Å². The number of unbranched alkanes of at least 4 members (excludes halogenated alkanes) is 8. The van der Waals surface area contributed by atoms with E-state index in [4.69, 9.17) is 9.47 Å². The van der Waals surface area contributed by atoms with E-state index in [2.05, 4.69) is 25.7 Å². The minimum atomic E-state index is -0.179. The van der Waals surface area contributed by atoms with Gasteiger partial charge in [0.2, 0.25) is 0 Å². The maximum Gasteiger partial charge on any atom is 0.306 e. The molecular weight excluding hydrogens is 388 g/mol. The van der Waals surface area contributed by atoms with Gasteiger partial charge in [0.05, 0.1) is 0 Å². The third-order valence-electron chi connectivity index (χ3n) is 5.97. The summed E-state index contributed by atoms with van der Waals surface area (Å²) in [4.78, 5) is 23.3. The summed E-state index contributed by atoms with van der Waals surface area (Å²) in [6.07, 6.45) is 22.3. The Morgan fingerprint density at radius 3 is 2.52 bits per heavy atom. The predicted octanol–water partition coefficient (Wildman–Crippen LogP) is 7.61. The molecule has 0 N–H and O–H groups in total. The van der Waals surface area contributed by atoms with Gasteiger partial charge in [-0.05, 0) is 63.4 Å². The maximum absolute atomic E-state index is 12.0. The number of ether oxygens (including phenoxy) is 2. The zero-order valence-corrected chi connectivity index (χ0v) is 20.2. The van der Waals surface area contributed by atoms with Crippen LogP contribution in [-0.2, 0) is 19.1 Å². The lowest BCUT2D eigenvalue weighted by molar-refractivity contribution is -0.148. The molecule has 31 heavy (non-hydrogen) atoms. The van der Waals surface area contributed by atoms with Gasteiger partial charge in [-0.2, -0.15) is 0 Å². The lowest BCUT2D eigenvalue weighted by atomic mass is 9.93. The third-order valence-corrected chi connectivity index (χ3v) is 5.97. The normalized spacial score (nSPS) is 17.6. The van der Waals surface area contributed by atoms with Gasteiger partial charge in [-0.15, -0.1) is 0 Å². The fourth-order valence-electron chi connectivity index (χ4n) is 4.09. The van der Waals surface area contributed by atoms with E-state index in [1.807, 2.05) is 0 Å². The summed E-state index contributed by atoms with van der Waals surface area (Å²) >= 11 is 0. The highest BCUT2D eigenvalue weighted by atomic mass is 16.5. The van der Waals surface area contributed by atoms with Crippen LogP contribution in [0.3, 0.4) is 0 Å². The van der Waals surface area contributed by atoms with Gasteiger partial charge >= 0.3 is 11.9 Å². The van der Waals surface area contributed by atoms with E-state index in [0.717, 1.165) is 76.2 Å². The molecule has 178 valence electrons. The topological polar surface area (TPSA) is 52.6 Å². The molecule has 1 fully saturated rings. The van der Waals surface area contributed by atoms with Gasteiger partial charge in [0, 0.05) is 19.8 Å². The van der Waals surface area contributed by atoms with E-state index in [0.29, 0.717) is 6.42 Å². The largest absolute Gasteiger partial charge is 0.462 e. The lowest BCUT2D eigenvalue weighted by Gasteiger charge is -2.24. The average Bonchev–Trinajstić information content (AvgIpc) is 2.73. The first-order valence-corrected chi connectivity index (χ1v) is 12.7. The van der Waals surface area contributed by atoms with Crippen molar-refractivity contribution in [3.8, 4) is 0 Å². The van der Waals surface area contributed by atoms with Crippen molar-refractivity contribution < 1.29 is 19.1 Å². The van der Waals surface area contributed by atoms with Gasteiger partial charge in [0.25, 0.3) is 0 Å². The molecule has 1 unspecified atom stereocenters. The number of hydrogen-bond donors (Lipinski definition) is 0. The molecular formula is C27H46O4. The summed E-state index contributed by atoms with van der Waals surface area (Å²) < 4.78 is 11.0. The number of esters is 2. The highest BCUT2D eigenvalue weighted by Gasteiger charge is 2.20. The van der Waals surface area contributed by atoms with E-state index in [1.54, 1.807) is 0 Å². The lowest BCUT2D eigenvalue weighted by Crippen LogP contribution is -2.22. The SMILES string of the molecule is C=C1CCCCC1OC(=O)CCCCCCC/C=C\C[C@@H](CCCCCC)OC(C)=O. The van der Waals surface area contributed by atoms with Crippen LogP contribution in [0.5, 0.6) is 0 Å². The molecule has 4 nitrogen and oxygen atoms in total. The van der Waals surface area contributed by atoms with Crippen LogP contribution in [0.15, 0.2) is 24.3 Å². The smallest absolute Gasteiger partial charge is 0.306 e. The molecule has 0 aromatic carbocycles. The Morgan fingerprint density at radius 1 is 1.03 bits per heavy atom. The van der Waals surface area contributed by atoms with E-state index in [1.165, 1.54) is 39.0 Å². The van der Waals surface area contributed by atoms with Crippen molar-refractivity contribution >= 4 is 11.9 Å². The molecule has 0 saturated heterocycles. The minimum Gasteiger partial charge on any atom is -0.462 e. The number of allylic oxidation sites excluding steroid dienone is 1.